The van der Waals surface area contributed by atoms with Crippen molar-refractivity contribution in [1.82, 2.24) is 0 Å². The lowest BCUT2D eigenvalue weighted by molar-refractivity contribution is 1.29. The van der Waals surface area contributed by atoms with Gasteiger partial charge in [-0.1, -0.05) is 176 Å². The first-order valence-corrected chi connectivity index (χ1v) is 17.0. The average molecular weight is 657 g/mol. The highest BCUT2D eigenvalue weighted by atomic mass is 15.1. The lowest BCUT2D eigenvalue weighted by Crippen LogP contribution is -2.11. The van der Waals surface area contributed by atoms with E-state index in [4.69, 9.17) is 0 Å². The van der Waals surface area contributed by atoms with Gasteiger partial charge in [0.2, 0.25) is 0 Å². The molecule has 0 spiro atoms. The van der Waals surface area contributed by atoms with Crippen molar-refractivity contribution < 1.29 is 9.60 Å². The van der Waals surface area contributed by atoms with Crippen LogP contribution in [0.15, 0.2) is 212 Å². The number of hydrogen-bond donors (Lipinski definition) is 0. The van der Waals surface area contributed by atoms with Gasteiger partial charge < -0.3 is 4.90 Å². The topological polar surface area (TPSA) is 3.24 Å². The summed E-state index contributed by atoms with van der Waals surface area (Å²) >= 11 is 0. The van der Waals surface area contributed by atoms with Crippen molar-refractivity contribution in [2.75, 3.05) is 4.90 Å². The number of anilines is 3. The molecule has 0 aromatic heterocycles. The SMILES string of the molecule is [2H]c1c([2H])c(N(c2ccc3ccccc3c2)c2c([2H])c([2H])c(-c3ccc4ccccc4c3-c3ccccc3)c([2H])c2[2H])c(-c2ccccc2)c([2H])c1-c1ccccc1. The average Bonchev–Trinajstić information content (AvgIpc) is 3.26. The highest BCUT2D eigenvalue weighted by Crippen LogP contribution is 2.45. The van der Waals surface area contributed by atoms with Crippen LogP contribution in [0.4, 0.5) is 17.1 Å². The highest BCUT2D eigenvalue weighted by molar-refractivity contribution is 6.04. The second-order valence-electron chi connectivity index (χ2n) is 12.4. The van der Waals surface area contributed by atoms with Gasteiger partial charge in [-0.25, -0.2) is 0 Å². The van der Waals surface area contributed by atoms with Gasteiger partial charge in [-0.3, -0.25) is 0 Å². The van der Waals surface area contributed by atoms with Gasteiger partial charge in [-0.05, 0) is 96.8 Å². The van der Waals surface area contributed by atoms with E-state index < -0.39 is 0 Å². The molecule has 0 aliphatic rings. The van der Waals surface area contributed by atoms with Crippen molar-refractivity contribution in [3.8, 4) is 44.5 Å². The van der Waals surface area contributed by atoms with Crippen LogP contribution in [-0.2, 0) is 0 Å². The molecule has 240 valence electrons. The zero-order valence-electron chi connectivity index (χ0n) is 34.6. The Hall–Kier alpha value is -6.70. The van der Waals surface area contributed by atoms with E-state index >= 15 is 0 Å². The van der Waals surface area contributed by atoms with Crippen molar-refractivity contribution >= 4 is 38.6 Å². The van der Waals surface area contributed by atoms with E-state index in [1.807, 2.05) is 170 Å². The molecule has 1 nitrogen and oxygen atoms in total. The third-order valence-electron chi connectivity index (χ3n) is 9.23. The first-order chi connectivity index (χ1) is 28.2. The standard InChI is InChI=1S/C50H35N/c1-4-14-36(15-5-1)43-28-33-49(48(35-43)38-17-6-2-7-18-38)51(45-31-24-37-16-10-11-22-42(37)34-45)44-29-25-40(26-30-44)47-32-27-39-19-12-13-23-46(39)50(47)41-20-8-3-9-21-41/h1-35H/i25D,26D,28D,29D,30D,33D,35D. The number of nitrogens with zero attached hydrogens (tertiary/aromatic N) is 1. The first kappa shape index (κ1) is 23.6. The van der Waals surface area contributed by atoms with Gasteiger partial charge in [0.1, 0.15) is 0 Å². The molecule has 0 fully saturated rings. The lowest BCUT2D eigenvalue weighted by Gasteiger charge is -2.29. The highest BCUT2D eigenvalue weighted by Gasteiger charge is 2.20. The van der Waals surface area contributed by atoms with Gasteiger partial charge >= 0.3 is 0 Å². The monoisotopic (exact) mass is 656 g/mol. The molecular formula is C50H35N. The third-order valence-corrected chi connectivity index (χ3v) is 9.23. The van der Waals surface area contributed by atoms with Crippen molar-refractivity contribution in [2.45, 2.75) is 0 Å². The first-order valence-electron chi connectivity index (χ1n) is 20.5. The summed E-state index contributed by atoms with van der Waals surface area (Å²) in [5.41, 5.74) is 4.70. The Morgan fingerprint density at radius 1 is 0.353 bits per heavy atom. The van der Waals surface area contributed by atoms with Crippen LogP contribution in [0.5, 0.6) is 0 Å². The summed E-state index contributed by atoms with van der Waals surface area (Å²) < 4.78 is 67.9. The van der Waals surface area contributed by atoms with Crippen molar-refractivity contribution in [2.24, 2.45) is 0 Å². The summed E-state index contributed by atoms with van der Waals surface area (Å²) in [6, 6.07) is 51.8. The van der Waals surface area contributed by atoms with E-state index in [1.54, 1.807) is 4.90 Å². The van der Waals surface area contributed by atoms with Crippen LogP contribution in [0.1, 0.15) is 9.60 Å². The largest absolute Gasteiger partial charge is 0.310 e. The summed E-state index contributed by atoms with van der Waals surface area (Å²) in [4.78, 5) is 1.56. The maximum Gasteiger partial charge on any atom is 0.0645 e. The fraction of sp³-hybridized carbons (Fsp3) is 0. The smallest absolute Gasteiger partial charge is 0.0645 e. The summed E-state index contributed by atoms with van der Waals surface area (Å²) in [6.07, 6.45) is 0. The van der Waals surface area contributed by atoms with Crippen LogP contribution in [0.2, 0.25) is 0 Å². The van der Waals surface area contributed by atoms with Crippen LogP contribution in [0.25, 0.3) is 66.1 Å². The number of fused-ring (bicyclic) bond motifs is 2. The Labute approximate surface area is 309 Å². The molecule has 0 saturated heterocycles. The molecule has 0 radical (unpaired) electrons. The quantitative estimate of drug-likeness (QED) is 0.165. The zero-order chi connectivity index (χ0) is 40.1. The van der Waals surface area contributed by atoms with Gasteiger partial charge in [-0.15, -0.1) is 0 Å². The number of benzene rings is 9. The summed E-state index contributed by atoms with van der Waals surface area (Å²) in [7, 11) is 0. The van der Waals surface area contributed by atoms with Crippen LogP contribution in [0, 0.1) is 0 Å². The molecule has 51 heavy (non-hydrogen) atoms. The van der Waals surface area contributed by atoms with E-state index in [-0.39, 0.29) is 64.8 Å². The minimum Gasteiger partial charge on any atom is -0.310 e. The molecule has 1 heteroatoms. The van der Waals surface area contributed by atoms with Gasteiger partial charge in [0.05, 0.1) is 15.3 Å². The van der Waals surface area contributed by atoms with Crippen molar-refractivity contribution in [1.29, 1.82) is 0 Å². The lowest BCUT2D eigenvalue weighted by atomic mass is 9.89. The molecule has 0 unspecified atom stereocenters. The van der Waals surface area contributed by atoms with E-state index in [9.17, 15) is 9.60 Å². The predicted octanol–water partition coefficient (Wildman–Crippen LogP) is 14.1. The maximum absolute atomic E-state index is 9.80. The Morgan fingerprint density at radius 3 is 1.65 bits per heavy atom. The van der Waals surface area contributed by atoms with Crippen molar-refractivity contribution in [3.05, 3.63) is 212 Å². The normalized spacial score (nSPS) is 13.1. The number of rotatable bonds is 7. The molecule has 9 rings (SSSR count). The Kier molecular flexibility index (Phi) is 6.16. The molecular weight excluding hydrogens is 615 g/mol. The zero-order valence-corrected chi connectivity index (χ0v) is 27.6. The summed E-state index contributed by atoms with van der Waals surface area (Å²) in [5, 5.41) is 3.70. The fourth-order valence-corrected chi connectivity index (χ4v) is 6.76. The molecule has 0 N–H and O–H groups in total. The van der Waals surface area contributed by atoms with Crippen LogP contribution >= 0.6 is 0 Å². The van der Waals surface area contributed by atoms with Gasteiger partial charge in [0.25, 0.3) is 0 Å². The molecule has 0 amide bonds. The molecule has 0 aliphatic carbocycles. The van der Waals surface area contributed by atoms with Crippen molar-refractivity contribution in [3.63, 3.8) is 0 Å². The van der Waals surface area contributed by atoms with Crippen LogP contribution in [0.3, 0.4) is 0 Å². The maximum atomic E-state index is 9.80. The summed E-state index contributed by atoms with van der Waals surface area (Å²) in [6.45, 7) is 0. The van der Waals surface area contributed by atoms with E-state index in [1.165, 1.54) is 0 Å². The molecule has 0 bridgehead atoms. The van der Waals surface area contributed by atoms with E-state index in [0.717, 1.165) is 32.7 Å². The third kappa shape index (κ3) is 5.86. The Morgan fingerprint density at radius 2 is 0.922 bits per heavy atom. The van der Waals surface area contributed by atoms with Crippen LogP contribution < -0.4 is 4.90 Å². The van der Waals surface area contributed by atoms with Gasteiger partial charge in [-0.2, -0.15) is 0 Å². The molecule has 0 aliphatic heterocycles. The fourth-order valence-electron chi connectivity index (χ4n) is 6.76. The molecule has 0 saturated carbocycles. The van der Waals surface area contributed by atoms with Crippen LogP contribution in [-0.4, -0.2) is 0 Å². The van der Waals surface area contributed by atoms with Gasteiger partial charge in [0, 0.05) is 16.9 Å². The molecule has 9 aromatic rings. The molecule has 0 heterocycles. The second-order valence-corrected chi connectivity index (χ2v) is 12.4. The van der Waals surface area contributed by atoms with E-state index in [2.05, 4.69) is 0 Å². The second kappa shape index (κ2) is 13.3. The Balaban J connectivity index is 1.39. The number of hydrogen-bond acceptors (Lipinski definition) is 1. The minimum absolute atomic E-state index is 0.00901. The Bertz CT molecular complexity index is 2990. The molecule has 0 atom stereocenters. The molecule has 9 aromatic carbocycles. The minimum atomic E-state index is -0.320. The van der Waals surface area contributed by atoms with E-state index in [0.29, 0.717) is 27.9 Å². The van der Waals surface area contributed by atoms with Gasteiger partial charge in [0.15, 0.2) is 0 Å². The predicted molar refractivity (Wildman–Crippen MR) is 218 cm³/mol. The summed E-state index contributed by atoms with van der Waals surface area (Å²) in [5.74, 6) is 0.